The van der Waals surface area contributed by atoms with Gasteiger partial charge in [-0.1, -0.05) is 15.9 Å². The molecule has 0 fully saturated rings. The second-order valence-corrected chi connectivity index (χ2v) is 3.91. The van der Waals surface area contributed by atoms with Gasteiger partial charge in [-0.05, 0) is 18.2 Å². The standard InChI is InChI=1S/C10H13BrFN3O/c1-16-5-4-14-10(15-13)8-6-7(11)2-3-9(8)12/h2-3,6H,4-5,13H2,1H3,(H,14,15). The maximum atomic E-state index is 13.5. The second-order valence-electron chi connectivity index (χ2n) is 2.99. The summed E-state index contributed by atoms with van der Waals surface area (Å²) in [7, 11) is 1.57. The molecule has 0 saturated carbocycles. The highest BCUT2D eigenvalue weighted by Crippen LogP contribution is 2.15. The summed E-state index contributed by atoms with van der Waals surface area (Å²) < 4.78 is 19.1. The number of nitrogens with two attached hydrogens (primary N) is 1. The first-order valence-electron chi connectivity index (χ1n) is 4.64. The van der Waals surface area contributed by atoms with Gasteiger partial charge in [0.25, 0.3) is 0 Å². The van der Waals surface area contributed by atoms with Crippen LogP contribution < -0.4 is 11.3 Å². The van der Waals surface area contributed by atoms with Gasteiger partial charge in [0, 0.05) is 11.6 Å². The molecule has 0 bridgehead atoms. The Bertz CT molecular complexity index is 384. The average molecular weight is 290 g/mol. The molecular formula is C10H13BrFN3O. The zero-order valence-corrected chi connectivity index (χ0v) is 10.4. The number of nitrogens with zero attached hydrogens (tertiary/aromatic N) is 1. The van der Waals surface area contributed by atoms with E-state index in [0.29, 0.717) is 24.6 Å². The van der Waals surface area contributed by atoms with Gasteiger partial charge in [-0.15, -0.1) is 0 Å². The molecule has 0 saturated heterocycles. The Hall–Kier alpha value is -0.980. The van der Waals surface area contributed by atoms with Crippen molar-refractivity contribution in [2.45, 2.75) is 0 Å². The van der Waals surface area contributed by atoms with E-state index in [1.165, 1.54) is 6.07 Å². The van der Waals surface area contributed by atoms with Gasteiger partial charge in [0.1, 0.15) is 11.7 Å². The summed E-state index contributed by atoms with van der Waals surface area (Å²) in [5.41, 5.74) is 2.71. The number of benzene rings is 1. The van der Waals surface area contributed by atoms with Gasteiger partial charge in [0.15, 0.2) is 0 Å². The third-order valence-electron chi connectivity index (χ3n) is 1.89. The molecule has 3 N–H and O–H groups in total. The maximum absolute atomic E-state index is 13.5. The van der Waals surface area contributed by atoms with E-state index in [1.54, 1.807) is 19.2 Å². The minimum Gasteiger partial charge on any atom is -0.383 e. The number of nitrogens with one attached hydrogen (secondary N) is 1. The molecule has 1 rings (SSSR count). The van der Waals surface area contributed by atoms with Crippen LogP contribution in [0.5, 0.6) is 0 Å². The smallest absolute Gasteiger partial charge is 0.145 e. The fourth-order valence-electron chi connectivity index (χ4n) is 1.14. The van der Waals surface area contributed by atoms with E-state index >= 15 is 0 Å². The number of rotatable bonds is 4. The Morgan fingerprint density at radius 3 is 3.00 bits per heavy atom. The van der Waals surface area contributed by atoms with Crippen molar-refractivity contribution in [3.8, 4) is 0 Å². The van der Waals surface area contributed by atoms with E-state index in [0.717, 1.165) is 4.47 Å². The fourth-order valence-corrected chi connectivity index (χ4v) is 1.50. The molecule has 16 heavy (non-hydrogen) atoms. The van der Waals surface area contributed by atoms with E-state index in [2.05, 4.69) is 26.3 Å². The molecule has 0 aliphatic heterocycles. The highest BCUT2D eigenvalue weighted by Gasteiger charge is 2.08. The maximum Gasteiger partial charge on any atom is 0.145 e. The lowest BCUT2D eigenvalue weighted by atomic mass is 10.2. The predicted molar refractivity (Wildman–Crippen MR) is 64.7 cm³/mol. The van der Waals surface area contributed by atoms with Crippen LogP contribution in [0.15, 0.2) is 27.7 Å². The molecule has 0 spiro atoms. The van der Waals surface area contributed by atoms with Gasteiger partial charge in [0.05, 0.1) is 18.7 Å². The lowest BCUT2D eigenvalue weighted by Crippen LogP contribution is -2.32. The third kappa shape index (κ3) is 3.55. The Morgan fingerprint density at radius 1 is 1.62 bits per heavy atom. The van der Waals surface area contributed by atoms with Crippen LogP contribution in [-0.4, -0.2) is 26.1 Å². The number of hydrazine groups is 1. The van der Waals surface area contributed by atoms with Crippen LogP contribution >= 0.6 is 15.9 Å². The summed E-state index contributed by atoms with van der Waals surface area (Å²) in [6.07, 6.45) is 0. The number of halogens is 2. The first-order chi connectivity index (χ1) is 7.69. The normalized spacial score (nSPS) is 11.6. The van der Waals surface area contributed by atoms with E-state index < -0.39 is 0 Å². The molecule has 88 valence electrons. The Morgan fingerprint density at radius 2 is 2.38 bits per heavy atom. The van der Waals surface area contributed by atoms with E-state index in [4.69, 9.17) is 10.6 Å². The van der Waals surface area contributed by atoms with Crippen molar-refractivity contribution in [2.75, 3.05) is 20.3 Å². The van der Waals surface area contributed by atoms with Crippen LogP contribution in [0.25, 0.3) is 0 Å². The molecule has 1 aromatic carbocycles. The molecule has 0 aromatic heterocycles. The van der Waals surface area contributed by atoms with E-state index in [-0.39, 0.29) is 5.82 Å². The molecule has 0 atom stereocenters. The fraction of sp³-hybridized carbons (Fsp3) is 0.300. The minimum absolute atomic E-state index is 0.302. The Kier molecular flexibility index (Phi) is 5.37. The van der Waals surface area contributed by atoms with Crippen molar-refractivity contribution in [3.05, 3.63) is 34.1 Å². The van der Waals surface area contributed by atoms with Crippen molar-refractivity contribution in [1.82, 2.24) is 5.43 Å². The number of methoxy groups -OCH3 is 1. The highest BCUT2D eigenvalue weighted by atomic mass is 79.9. The Labute approximate surface area is 102 Å². The molecule has 0 heterocycles. The molecule has 1 aromatic rings. The number of amidine groups is 1. The summed E-state index contributed by atoms with van der Waals surface area (Å²) in [6.45, 7) is 0.878. The molecule has 0 aliphatic rings. The number of hydrogen-bond acceptors (Lipinski definition) is 3. The molecule has 0 unspecified atom stereocenters. The zero-order chi connectivity index (χ0) is 12.0. The largest absolute Gasteiger partial charge is 0.383 e. The summed E-state index contributed by atoms with van der Waals surface area (Å²) in [5.74, 6) is 5.23. The van der Waals surface area contributed by atoms with Gasteiger partial charge in [-0.25, -0.2) is 10.2 Å². The minimum atomic E-state index is -0.377. The highest BCUT2D eigenvalue weighted by molar-refractivity contribution is 9.10. The average Bonchev–Trinajstić information content (AvgIpc) is 2.28. The van der Waals surface area contributed by atoms with Crippen molar-refractivity contribution in [3.63, 3.8) is 0 Å². The summed E-state index contributed by atoms with van der Waals surface area (Å²) in [6, 6.07) is 4.57. The molecule has 0 radical (unpaired) electrons. The number of ether oxygens (including phenoxy) is 1. The van der Waals surface area contributed by atoms with Gasteiger partial charge in [-0.3, -0.25) is 4.99 Å². The Balaban J connectivity index is 2.94. The topological polar surface area (TPSA) is 59.6 Å². The summed E-state index contributed by atoms with van der Waals surface area (Å²) in [5, 5.41) is 0. The lowest BCUT2D eigenvalue weighted by Gasteiger charge is -2.07. The van der Waals surface area contributed by atoms with Gasteiger partial charge >= 0.3 is 0 Å². The predicted octanol–water partition coefficient (Wildman–Crippen LogP) is 1.44. The van der Waals surface area contributed by atoms with Gasteiger partial charge in [-0.2, -0.15) is 0 Å². The SMILES string of the molecule is COCCN=C(NN)c1cc(Br)ccc1F. The molecule has 4 nitrogen and oxygen atoms in total. The molecule has 0 amide bonds. The lowest BCUT2D eigenvalue weighted by molar-refractivity contribution is 0.208. The molecule has 0 aliphatic carbocycles. The van der Waals surface area contributed by atoms with Crippen molar-refractivity contribution >= 4 is 21.8 Å². The quantitative estimate of drug-likeness (QED) is 0.290. The van der Waals surface area contributed by atoms with Crippen LogP contribution in [0.1, 0.15) is 5.56 Å². The number of aliphatic imine (C=N–C) groups is 1. The van der Waals surface area contributed by atoms with Crippen molar-refractivity contribution in [1.29, 1.82) is 0 Å². The van der Waals surface area contributed by atoms with Crippen LogP contribution in [0.2, 0.25) is 0 Å². The molecule has 6 heteroatoms. The summed E-state index contributed by atoms with van der Waals surface area (Å²) in [4.78, 5) is 4.10. The van der Waals surface area contributed by atoms with Crippen LogP contribution in [0.3, 0.4) is 0 Å². The first-order valence-corrected chi connectivity index (χ1v) is 5.43. The van der Waals surface area contributed by atoms with E-state index in [1.807, 2.05) is 0 Å². The van der Waals surface area contributed by atoms with E-state index in [9.17, 15) is 4.39 Å². The number of hydrogen-bond donors (Lipinski definition) is 2. The second kappa shape index (κ2) is 6.57. The van der Waals surface area contributed by atoms with Crippen molar-refractivity contribution in [2.24, 2.45) is 10.8 Å². The third-order valence-corrected chi connectivity index (χ3v) is 2.38. The summed E-state index contributed by atoms with van der Waals surface area (Å²) >= 11 is 3.26. The van der Waals surface area contributed by atoms with Crippen LogP contribution in [0.4, 0.5) is 4.39 Å². The van der Waals surface area contributed by atoms with Gasteiger partial charge in [0.2, 0.25) is 0 Å². The van der Waals surface area contributed by atoms with Crippen LogP contribution in [-0.2, 0) is 4.74 Å². The van der Waals surface area contributed by atoms with Gasteiger partial charge < -0.3 is 10.2 Å². The first kappa shape index (κ1) is 13.1. The molecular weight excluding hydrogens is 277 g/mol. The van der Waals surface area contributed by atoms with Crippen LogP contribution in [0, 0.1) is 5.82 Å². The van der Waals surface area contributed by atoms with Crippen molar-refractivity contribution < 1.29 is 9.13 Å². The monoisotopic (exact) mass is 289 g/mol. The zero-order valence-electron chi connectivity index (χ0n) is 8.84.